The first-order valence-electron chi connectivity index (χ1n) is 11.9. The highest BCUT2D eigenvalue weighted by atomic mass is 16.5. The Morgan fingerprint density at radius 2 is 0.800 bits per heavy atom. The van der Waals surface area contributed by atoms with Crippen molar-refractivity contribution in [3.63, 3.8) is 0 Å². The van der Waals surface area contributed by atoms with Gasteiger partial charge in [-0.2, -0.15) is 0 Å². The molecule has 0 unspecified atom stereocenters. The first-order valence-corrected chi connectivity index (χ1v) is 11.9. The monoisotopic (exact) mass is 468 g/mol. The number of aryl methyl sites for hydroxylation is 4. The van der Waals surface area contributed by atoms with E-state index < -0.39 is 0 Å². The Morgan fingerprint density at radius 1 is 0.400 bits per heavy atom. The lowest BCUT2D eigenvalue weighted by atomic mass is 10.0. The Morgan fingerprint density at radius 3 is 1.23 bits per heavy atom. The van der Waals surface area contributed by atoms with Gasteiger partial charge in [-0.15, -0.1) is 0 Å². The molecule has 0 atom stereocenters. The van der Waals surface area contributed by atoms with E-state index in [1.54, 1.807) is 21.3 Å². The summed E-state index contributed by atoms with van der Waals surface area (Å²) >= 11 is 0. The predicted octanol–water partition coefficient (Wildman–Crippen LogP) is 7.08. The number of methoxy groups -OCH3 is 3. The van der Waals surface area contributed by atoms with Gasteiger partial charge < -0.3 is 18.9 Å². The van der Waals surface area contributed by atoms with E-state index in [9.17, 15) is 0 Å². The molecule has 0 heterocycles. The molecule has 0 spiro atoms. The van der Waals surface area contributed by atoms with Crippen molar-refractivity contribution < 1.29 is 18.9 Å². The molecule has 0 radical (unpaired) electrons. The molecule has 180 valence electrons. The summed E-state index contributed by atoms with van der Waals surface area (Å²) in [4.78, 5) is 0. The number of ether oxygens (including phenoxy) is 4. The minimum Gasteiger partial charge on any atom is -0.497 e. The van der Waals surface area contributed by atoms with Crippen molar-refractivity contribution in [1.29, 1.82) is 0 Å². The van der Waals surface area contributed by atoms with Gasteiger partial charge in [0, 0.05) is 0 Å². The largest absolute Gasteiger partial charge is 0.497 e. The first-order chi connectivity index (χ1) is 17.2. The minimum absolute atomic E-state index is 0.724. The smallest absolute Gasteiger partial charge is 0.169 e. The van der Waals surface area contributed by atoms with Crippen LogP contribution in [0, 0.1) is 0 Å². The fourth-order valence-electron chi connectivity index (χ4n) is 3.97. The highest BCUT2D eigenvalue weighted by Crippen LogP contribution is 2.33. The number of hydrogen-bond acceptors (Lipinski definition) is 4. The van der Waals surface area contributed by atoms with E-state index in [4.69, 9.17) is 18.9 Å². The van der Waals surface area contributed by atoms with E-state index in [1.807, 2.05) is 42.5 Å². The van der Waals surface area contributed by atoms with Gasteiger partial charge in [-0.25, -0.2) is 0 Å². The summed E-state index contributed by atoms with van der Waals surface area (Å²) in [5.74, 6) is 4.01. The Hall–Kier alpha value is -3.92. The Labute approximate surface area is 208 Å². The molecule has 4 aromatic rings. The fraction of sp³-hybridized carbons (Fsp3) is 0.226. The number of rotatable bonds is 11. The Kier molecular flexibility index (Phi) is 8.29. The zero-order valence-electron chi connectivity index (χ0n) is 20.6. The van der Waals surface area contributed by atoms with Gasteiger partial charge in [0.25, 0.3) is 0 Å². The van der Waals surface area contributed by atoms with E-state index in [2.05, 4.69) is 48.5 Å². The molecule has 0 aromatic heterocycles. The molecule has 0 N–H and O–H groups in total. The molecule has 4 aromatic carbocycles. The van der Waals surface area contributed by atoms with Gasteiger partial charge in [0.05, 0.1) is 21.3 Å². The van der Waals surface area contributed by atoms with Crippen LogP contribution >= 0.6 is 0 Å². The van der Waals surface area contributed by atoms with Crippen molar-refractivity contribution in [3.8, 4) is 28.7 Å². The van der Waals surface area contributed by atoms with E-state index in [0.717, 1.165) is 54.4 Å². The average molecular weight is 469 g/mol. The summed E-state index contributed by atoms with van der Waals surface area (Å²) in [5, 5.41) is 0. The van der Waals surface area contributed by atoms with E-state index in [0.29, 0.717) is 0 Å². The quantitative estimate of drug-likeness (QED) is 0.236. The molecule has 4 nitrogen and oxygen atoms in total. The second-order valence-corrected chi connectivity index (χ2v) is 8.43. The minimum atomic E-state index is 0.724. The normalized spacial score (nSPS) is 10.6. The van der Waals surface area contributed by atoms with Crippen molar-refractivity contribution in [2.45, 2.75) is 25.7 Å². The molecule has 0 aliphatic carbocycles. The second-order valence-electron chi connectivity index (χ2n) is 8.43. The fourth-order valence-corrected chi connectivity index (χ4v) is 3.97. The number of benzene rings is 4. The zero-order valence-corrected chi connectivity index (χ0v) is 20.6. The Bertz CT molecular complexity index is 1200. The first kappa shape index (κ1) is 24.2. The summed E-state index contributed by atoms with van der Waals surface area (Å²) in [6.45, 7) is 0. The van der Waals surface area contributed by atoms with E-state index >= 15 is 0 Å². The van der Waals surface area contributed by atoms with Gasteiger partial charge in [0.1, 0.15) is 17.2 Å². The summed E-state index contributed by atoms with van der Waals surface area (Å²) < 4.78 is 22.2. The summed E-state index contributed by atoms with van der Waals surface area (Å²) in [7, 11) is 5.04. The van der Waals surface area contributed by atoms with Gasteiger partial charge in [0.2, 0.25) is 0 Å². The van der Waals surface area contributed by atoms with Crippen LogP contribution in [-0.4, -0.2) is 21.3 Å². The Balaban J connectivity index is 1.36. The van der Waals surface area contributed by atoms with Crippen LogP contribution in [-0.2, 0) is 25.7 Å². The molecule has 0 amide bonds. The van der Waals surface area contributed by atoms with Crippen LogP contribution in [0.4, 0.5) is 0 Å². The van der Waals surface area contributed by atoms with Gasteiger partial charge in [-0.1, -0.05) is 42.5 Å². The maximum atomic E-state index is 6.21. The van der Waals surface area contributed by atoms with Gasteiger partial charge in [-0.05, 0) is 96.5 Å². The van der Waals surface area contributed by atoms with Crippen molar-refractivity contribution in [2.24, 2.45) is 0 Å². The lowest BCUT2D eigenvalue weighted by molar-refractivity contribution is 0.378. The molecule has 4 heteroatoms. The van der Waals surface area contributed by atoms with Crippen molar-refractivity contribution in [3.05, 3.63) is 113 Å². The highest BCUT2D eigenvalue weighted by molar-refractivity contribution is 5.46. The SMILES string of the molecule is COc1ccc(CCc2ccc(Oc3cc(CCc4ccc(OC)cc4)ccc3OC)cc2)cc1. The lowest BCUT2D eigenvalue weighted by Crippen LogP contribution is -1.96. The topological polar surface area (TPSA) is 36.9 Å². The molecule has 0 saturated carbocycles. The van der Waals surface area contributed by atoms with Crippen molar-refractivity contribution >= 4 is 0 Å². The maximum absolute atomic E-state index is 6.21. The molecule has 0 aliphatic rings. The molecule has 0 saturated heterocycles. The molecule has 4 rings (SSSR count). The van der Waals surface area contributed by atoms with Crippen LogP contribution < -0.4 is 18.9 Å². The molecule has 0 aliphatic heterocycles. The van der Waals surface area contributed by atoms with Crippen LogP contribution in [0.5, 0.6) is 28.7 Å². The van der Waals surface area contributed by atoms with Crippen LogP contribution in [0.2, 0.25) is 0 Å². The third kappa shape index (κ3) is 6.80. The zero-order chi connectivity index (χ0) is 24.5. The van der Waals surface area contributed by atoms with Crippen LogP contribution in [0.15, 0.2) is 91.0 Å². The molecule has 0 bridgehead atoms. The standard InChI is InChI=1S/C31H32O4/c1-32-27-15-8-23(9-16-27)4-5-24-12-19-29(20-13-24)35-31-22-26(14-21-30(31)34-3)7-6-25-10-17-28(33-2)18-11-25/h8-22H,4-7H2,1-3H3. The summed E-state index contributed by atoms with van der Waals surface area (Å²) in [6, 6.07) is 30.9. The summed E-state index contributed by atoms with van der Waals surface area (Å²) in [6.07, 6.45) is 3.81. The molecule has 0 fully saturated rings. The maximum Gasteiger partial charge on any atom is 0.169 e. The number of hydrogen-bond donors (Lipinski definition) is 0. The predicted molar refractivity (Wildman–Crippen MR) is 140 cm³/mol. The average Bonchev–Trinajstić information content (AvgIpc) is 2.92. The van der Waals surface area contributed by atoms with E-state index in [-0.39, 0.29) is 0 Å². The van der Waals surface area contributed by atoms with E-state index in [1.165, 1.54) is 22.3 Å². The van der Waals surface area contributed by atoms with Crippen molar-refractivity contribution in [1.82, 2.24) is 0 Å². The van der Waals surface area contributed by atoms with Crippen LogP contribution in [0.1, 0.15) is 22.3 Å². The third-order valence-corrected chi connectivity index (χ3v) is 6.10. The molecular formula is C31H32O4. The lowest BCUT2D eigenvalue weighted by Gasteiger charge is -2.13. The van der Waals surface area contributed by atoms with Crippen molar-refractivity contribution in [2.75, 3.05) is 21.3 Å². The highest BCUT2D eigenvalue weighted by Gasteiger charge is 2.08. The molecular weight excluding hydrogens is 436 g/mol. The van der Waals surface area contributed by atoms with Gasteiger partial charge >= 0.3 is 0 Å². The second kappa shape index (κ2) is 12.0. The van der Waals surface area contributed by atoms with Crippen LogP contribution in [0.3, 0.4) is 0 Å². The van der Waals surface area contributed by atoms with Gasteiger partial charge in [-0.3, -0.25) is 0 Å². The molecule has 35 heavy (non-hydrogen) atoms. The van der Waals surface area contributed by atoms with Crippen LogP contribution in [0.25, 0.3) is 0 Å². The van der Waals surface area contributed by atoms with Gasteiger partial charge in [0.15, 0.2) is 11.5 Å². The third-order valence-electron chi connectivity index (χ3n) is 6.10. The summed E-state index contributed by atoms with van der Waals surface area (Å²) in [5.41, 5.74) is 5.04.